The number of hydrogen-bond donors (Lipinski definition) is 5. The Morgan fingerprint density at radius 3 is 2.54 bits per heavy atom. The summed E-state index contributed by atoms with van der Waals surface area (Å²) in [4.78, 5) is 11.2. The highest BCUT2D eigenvalue weighted by Gasteiger charge is 2.44. The lowest BCUT2D eigenvalue weighted by atomic mass is 9.99. The van der Waals surface area contributed by atoms with E-state index in [1.54, 1.807) is 0 Å². The summed E-state index contributed by atoms with van der Waals surface area (Å²) < 4.78 is 15.5. The maximum absolute atomic E-state index is 11.2. The average molecular weight is 340 g/mol. The van der Waals surface area contributed by atoms with Gasteiger partial charge >= 0.3 is 5.63 Å². The molecule has 24 heavy (non-hydrogen) atoms. The second-order valence-corrected chi connectivity index (χ2v) is 5.43. The van der Waals surface area contributed by atoms with E-state index in [1.165, 1.54) is 18.2 Å². The summed E-state index contributed by atoms with van der Waals surface area (Å²) in [6, 6.07) is 5.17. The smallest absolute Gasteiger partial charge is 0.336 e. The van der Waals surface area contributed by atoms with Crippen LogP contribution in [-0.2, 0) is 4.74 Å². The molecule has 1 aromatic heterocycles. The summed E-state index contributed by atoms with van der Waals surface area (Å²) in [5.41, 5.74) is -0.439. The quantitative estimate of drug-likeness (QED) is 0.429. The lowest BCUT2D eigenvalue weighted by molar-refractivity contribution is -0.277. The van der Waals surface area contributed by atoms with E-state index in [2.05, 4.69) is 0 Å². The molecule has 2 heterocycles. The first kappa shape index (κ1) is 16.7. The molecule has 5 atom stereocenters. The monoisotopic (exact) mass is 340 g/mol. The third kappa shape index (κ3) is 2.95. The van der Waals surface area contributed by atoms with Crippen molar-refractivity contribution in [1.82, 2.24) is 0 Å². The van der Waals surface area contributed by atoms with Gasteiger partial charge in [-0.25, -0.2) is 4.79 Å². The van der Waals surface area contributed by atoms with Gasteiger partial charge in [-0.2, -0.15) is 0 Å². The van der Waals surface area contributed by atoms with E-state index in [0.29, 0.717) is 5.39 Å². The summed E-state index contributed by atoms with van der Waals surface area (Å²) in [5, 5.41) is 49.0. The van der Waals surface area contributed by atoms with Gasteiger partial charge in [-0.15, -0.1) is 0 Å². The number of rotatable bonds is 3. The number of aliphatic hydroxyl groups is 4. The molecular formula is C15H16O9. The number of aromatic hydroxyl groups is 1. The Kier molecular flexibility index (Phi) is 4.43. The molecular weight excluding hydrogens is 324 g/mol. The number of benzene rings is 1. The van der Waals surface area contributed by atoms with Crippen molar-refractivity contribution in [3.63, 3.8) is 0 Å². The van der Waals surface area contributed by atoms with Gasteiger partial charge in [0.25, 0.3) is 0 Å². The maximum Gasteiger partial charge on any atom is 0.336 e. The highest BCUT2D eigenvalue weighted by atomic mass is 16.7. The third-order valence-electron chi connectivity index (χ3n) is 3.79. The topological polar surface area (TPSA) is 150 Å². The van der Waals surface area contributed by atoms with Crippen molar-refractivity contribution >= 4 is 11.0 Å². The van der Waals surface area contributed by atoms with Crippen molar-refractivity contribution in [2.24, 2.45) is 0 Å². The second kappa shape index (κ2) is 6.38. The fourth-order valence-corrected chi connectivity index (χ4v) is 2.47. The zero-order chi connectivity index (χ0) is 17.4. The van der Waals surface area contributed by atoms with Gasteiger partial charge in [-0.3, -0.25) is 0 Å². The molecule has 5 N–H and O–H groups in total. The Morgan fingerprint density at radius 2 is 1.83 bits per heavy atom. The standard InChI is InChI=1S/C15H16O9/c16-5-10-12(19)13(20)14(21)15(24-10)23-9-3-6-1-2-11(18)22-8(6)4-7(9)17/h1-4,10,12-17,19-21H,5H2/t10-,12-,13+,14+,15-/m1/s1. The van der Waals surface area contributed by atoms with Crippen molar-refractivity contribution < 1.29 is 39.4 Å². The summed E-state index contributed by atoms with van der Waals surface area (Å²) in [6.07, 6.45) is -7.27. The van der Waals surface area contributed by atoms with Crippen LogP contribution in [0, 0.1) is 0 Å². The molecule has 0 unspecified atom stereocenters. The Hall–Kier alpha value is -2.17. The van der Waals surface area contributed by atoms with Gasteiger partial charge in [0.2, 0.25) is 6.29 Å². The molecule has 1 fully saturated rings. The Morgan fingerprint density at radius 1 is 1.08 bits per heavy atom. The van der Waals surface area contributed by atoms with Crippen molar-refractivity contribution in [3.8, 4) is 11.5 Å². The number of hydrogen-bond acceptors (Lipinski definition) is 9. The zero-order valence-corrected chi connectivity index (χ0v) is 12.3. The first-order valence-corrected chi connectivity index (χ1v) is 7.15. The first-order valence-electron chi connectivity index (χ1n) is 7.15. The normalized spacial score (nSPS) is 30.4. The van der Waals surface area contributed by atoms with Crippen LogP contribution in [0.3, 0.4) is 0 Å². The fourth-order valence-electron chi connectivity index (χ4n) is 2.47. The minimum Gasteiger partial charge on any atom is -0.504 e. The summed E-state index contributed by atoms with van der Waals surface area (Å²) in [5.74, 6) is -0.477. The number of aliphatic hydroxyl groups excluding tert-OH is 4. The predicted octanol–water partition coefficient (Wildman–Crippen LogP) is -1.32. The molecule has 1 aliphatic heterocycles. The van der Waals surface area contributed by atoms with Crippen LogP contribution in [-0.4, -0.2) is 62.8 Å². The highest BCUT2D eigenvalue weighted by Crippen LogP contribution is 2.33. The molecule has 0 aliphatic carbocycles. The Balaban J connectivity index is 1.89. The molecule has 0 bridgehead atoms. The van der Waals surface area contributed by atoms with Crippen molar-refractivity contribution in [3.05, 3.63) is 34.7 Å². The lowest BCUT2D eigenvalue weighted by Crippen LogP contribution is -2.60. The summed E-state index contributed by atoms with van der Waals surface area (Å²) in [6.45, 7) is -0.598. The second-order valence-electron chi connectivity index (χ2n) is 5.43. The summed E-state index contributed by atoms with van der Waals surface area (Å²) in [7, 11) is 0. The van der Waals surface area contributed by atoms with E-state index in [1.807, 2.05) is 0 Å². The molecule has 2 aromatic rings. The van der Waals surface area contributed by atoms with Crippen LogP contribution in [0.4, 0.5) is 0 Å². The maximum atomic E-state index is 11.2. The van der Waals surface area contributed by atoms with E-state index in [-0.39, 0.29) is 17.1 Å². The van der Waals surface area contributed by atoms with Gasteiger partial charge in [0, 0.05) is 17.5 Å². The van der Waals surface area contributed by atoms with Crippen LogP contribution in [0.1, 0.15) is 0 Å². The molecule has 1 aromatic carbocycles. The van der Waals surface area contributed by atoms with E-state index in [0.717, 1.165) is 6.07 Å². The summed E-state index contributed by atoms with van der Waals surface area (Å²) >= 11 is 0. The minimum absolute atomic E-state index is 0.0966. The van der Waals surface area contributed by atoms with Gasteiger partial charge in [-0.05, 0) is 12.1 Å². The predicted molar refractivity (Wildman–Crippen MR) is 78.5 cm³/mol. The Bertz CT molecular complexity index is 784. The molecule has 1 saturated heterocycles. The van der Waals surface area contributed by atoms with Crippen LogP contribution < -0.4 is 10.4 Å². The number of ether oxygens (including phenoxy) is 2. The van der Waals surface area contributed by atoms with Crippen LogP contribution >= 0.6 is 0 Å². The van der Waals surface area contributed by atoms with E-state index >= 15 is 0 Å². The van der Waals surface area contributed by atoms with E-state index in [4.69, 9.17) is 19.0 Å². The first-order chi connectivity index (χ1) is 11.4. The number of phenolic OH excluding ortho intramolecular Hbond substituents is 1. The van der Waals surface area contributed by atoms with E-state index < -0.39 is 42.9 Å². The molecule has 3 rings (SSSR count). The molecule has 9 nitrogen and oxygen atoms in total. The molecule has 130 valence electrons. The zero-order valence-electron chi connectivity index (χ0n) is 12.3. The highest BCUT2D eigenvalue weighted by molar-refractivity contribution is 5.80. The van der Waals surface area contributed by atoms with E-state index in [9.17, 15) is 25.2 Å². The molecule has 1 aliphatic rings. The van der Waals surface area contributed by atoms with Crippen molar-refractivity contribution in [1.29, 1.82) is 0 Å². The largest absolute Gasteiger partial charge is 0.504 e. The molecule has 0 amide bonds. The molecule has 0 radical (unpaired) electrons. The SMILES string of the molecule is O=c1ccc2cc(O[C@@H]3O[C@H](CO)[C@@H](O)[C@H](O)[C@@H]3O)c(O)cc2o1. The Labute approximate surface area is 134 Å². The van der Waals surface area contributed by atoms with Crippen LogP contribution in [0.15, 0.2) is 33.5 Å². The molecule has 0 saturated carbocycles. The average Bonchev–Trinajstić information content (AvgIpc) is 2.56. The van der Waals surface area contributed by atoms with Crippen LogP contribution in [0.5, 0.6) is 11.5 Å². The molecule has 9 heteroatoms. The van der Waals surface area contributed by atoms with Crippen LogP contribution in [0.2, 0.25) is 0 Å². The minimum atomic E-state index is -1.60. The third-order valence-corrected chi connectivity index (χ3v) is 3.79. The lowest BCUT2D eigenvalue weighted by Gasteiger charge is -2.39. The van der Waals surface area contributed by atoms with Gasteiger partial charge in [-0.1, -0.05) is 0 Å². The molecule has 0 spiro atoms. The van der Waals surface area contributed by atoms with Crippen LogP contribution in [0.25, 0.3) is 11.0 Å². The van der Waals surface area contributed by atoms with Gasteiger partial charge in [0.05, 0.1) is 6.61 Å². The number of phenols is 1. The van der Waals surface area contributed by atoms with Crippen molar-refractivity contribution in [2.45, 2.75) is 30.7 Å². The fraction of sp³-hybridized carbons (Fsp3) is 0.400. The number of fused-ring (bicyclic) bond motifs is 1. The van der Waals surface area contributed by atoms with Gasteiger partial charge < -0.3 is 39.4 Å². The van der Waals surface area contributed by atoms with Gasteiger partial charge in [0.1, 0.15) is 30.0 Å². The van der Waals surface area contributed by atoms with Gasteiger partial charge in [0.15, 0.2) is 11.5 Å². The van der Waals surface area contributed by atoms with Crippen molar-refractivity contribution in [2.75, 3.05) is 6.61 Å².